The summed E-state index contributed by atoms with van der Waals surface area (Å²) in [5, 5.41) is 23.3. The van der Waals surface area contributed by atoms with Gasteiger partial charge < -0.3 is 25.0 Å². The molecule has 0 saturated carbocycles. The minimum absolute atomic E-state index is 0.0306. The monoisotopic (exact) mass is 619 g/mol. The third kappa shape index (κ3) is 6.90. The molecule has 1 aromatic heterocycles. The smallest absolute Gasteiger partial charge is 0.319 e. The molecule has 3 heterocycles. The number of sulfone groups is 1. The van der Waals surface area contributed by atoms with Gasteiger partial charge in [0.1, 0.15) is 23.4 Å². The molecule has 2 atom stereocenters. The van der Waals surface area contributed by atoms with Crippen LogP contribution in [0.5, 0.6) is 5.75 Å². The lowest BCUT2D eigenvalue weighted by Crippen LogP contribution is -2.47. The molecule has 226 valence electrons. The molecule has 3 aromatic rings. The number of hydrogen-bond donors (Lipinski definition) is 3. The van der Waals surface area contributed by atoms with E-state index in [-0.39, 0.29) is 34.7 Å². The van der Waals surface area contributed by atoms with Crippen molar-refractivity contribution in [3.05, 3.63) is 60.8 Å². The van der Waals surface area contributed by atoms with Crippen LogP contribution >= 0.6 is 0 Å². The first-order valence-corrected chi connectivity index (χ1v) is 16.6. The van der Waals surface area contributed by atoms with E-state index in [4.69, 9.17) is 14.6 Å². The zero-order valence-corrected chi connectivity index (χ0v) is 24.4. The van der Waals surface area contributed by atoms with Gasteiger partial charge in [0.2, 0.25) is 10.0 Å². The van der Waals surface area contributed by atoms with Crippen molar-refractivity contribution < 1.29 is 41.3 Å². The van der Waals surface area contributed by atoms with Crippen molar-refractivity contribution in [1.29, 1.82) is 0 Å². The summed E-state index contributed by atoms with van der Waals surface area (Å²) in [5.41, 5.74) is 0.301. The predicted molar refractivity (Wildman–Crippen MR) is 152 cm³/mol. The highest BCUT2D eigenvalue weighted by atomic mass is 32.2. The van der Waals surface area contributed by atoms with Crippen molar-refractivity contribution in [1.82, 2.24) is 14.6 Å². The normalized spacial score (nSPS) is 20.1. The van der Waals surface area contributed by atoms with Gasteiger partial charge in [-0.15, -0.1) is 0 Å². The zero-order valence-electron chi connectivity index (χ0n) is 22.8. The summed E-state index contributed by atoms with van der Waals surface area (Å²) in [4.78, 5) is 15.1. The average molecular weight is 620 g/mol. The summed E-state index contributed by atoms with van der Waals surface area (Å²) in [7, 11) is -7.68. The molecule has 2 aliphatic heterocycles. The lowest BCUT2D eigenvalue weighted by Gasteiger charge is -2.38. The molecule has 0 bridgehead atoms. The number of carbonyl (C=O) groups is 1. The van der Waals surface area contributed by atoms with E-state index in [2.05, 4.69) is 10.3 Å². The number of aliphatic hydroxyl groups excluding tert-OH is 1. The number of nitrogens with one attached hydrogen (secondary N) is 1. The maximum absolute atomic E-state index is 13.3. The summed E-state index contributed by atoms with van der Waals surface area (Å²) < 4.78 is 64.0. The number of aromatic nitrogens is 1. The fraction of sp³-hybridized carbons (Fsp3) is 0.429. The molecule has 0 radical (unpaired) electrons. The van der Waals surface area contributed by atoms with Crippen LogP contribution in [-0.4, -0.2) is 98.7 Å². The van der Waals surface area contributed by atoms with E-state index >= 15 is 0 Å². The van der Waals surface area contributed by atoms with E-state index < -0.39 is 43.3 Å². The molecule has 12 nitrogen and oxygen atoms in total. The number of carboxylic acid groups (broad SMARTS) is 1. The van der Waals surface area contributed by atoms with Crippen LogP contribution < -0.4 is 10.1 Å². The number of aliphatic hydroxyl groups is 1. The fourth-order valence-corrected chi connectivity index (χ4v) is 7.85. The summed E-state index contributed by atoms with van der Waals surface area (Å²) in [5.74, 6) is -2.27. The predicted octanol–water partition coefficient (Wildman–Crippen LogP) is 1.43. The summed E-state index contributed by atoms with van der Waals surface area (Å²) in [6.45, 7) is 1.19. The number of sulfonamides is 1. The Kier molecular flexibility index (Phi) is 8.83. The third-order valence-corrected chi connectivity index (χ3v) is 11.1. The molecule has 1 spiro atoms. The molecule has 0 aliphatic carbocycles. The second-order valence-electron chi connectivity index (χ2n) is 10.7. The van der Waals surface area contributed by atoms with Gasteiger partial charge in [0.15, 0.2) is 15.6 Å². The summed E-state index contributed by atoms with van der Waals surface area (Å²) >= 11 is 0. The second kappa shape index (κ2) is 12.2. The third-order valence-electron chi connectivity index (χ3n) is 7.61. The highest BCUT2D eigenvalue weighted by molar-refractivity contribution is 7.92. The Morgan fingerprint density at radius 2 is 1.86 bits per heavy atom. The van der Waals surface area contributed by atoms with Crippen LogP contribution in [0.1, 0.15) is 19.3 Å². The number of fused-ring (bicyclic) bond motifs is 1. The summed E-state index contributed by atoms with van der Waals surface area (Å²) in [6.07, 6.45) is 2.29. The van der Waals surface area contributed by atoms with Gasteiger partial charge in [-0.05, 0) is 49.6 Å². The molecular weight excluding hydrogens is 586 g/mol. The van der Waals surface area contributed by atoms with Gasteiger partial charge in [-0.25, -0.2) is 16.8 Å². The number of piperidine rings is 1. The van der Waals surface area contributed by atoms with E-state index in [0.717, 1.165) is 10.9 Å². The molecule has 14 heteroatoms. The van der Waals surface area contributed by atoms with E-state index in [1.165, 1.54) is 34.8 Å². The second-order valence-corrected chi connectivity index (χ2v) is 14.6. The molecule has 0 amide bonds. The molecule has 3 N–H and O–H groups in total. The molecule has 2 fully saturated rings. The van der Waals surface area contributed by atoms with E-state index in [1.54, 1.807) is 6.07 Å². The molecule has 2 saturated heterocycles. The van der Waals surface area contributed by atoms with Crippen molar-refractivity contribution in [2.45, 2.75) is 46.8 Å². The Labute approximate surface area is 244 Å². The Morgan fingerprint density at radius 1 is 1.10 bits per heavy atom. The first-order valence-electron chi connectivity index (χ1n) is 13.5. The lowest BCUT2D eigenvalue weighted by atomic mass is 9.88. The van der Waals surface area contributed by atoms with Crippen molar-refractivity contribution in [2.24, 2.45) is 0 Å². The summed E-state index contributed by atoms with van der Waals surface area (Å²) in [6, 6.07) is 14.5. The average Bonchev–Trinajstić information content (AvgIpc) is 3.36. The Morgan fingerprint density at radius 3 is 2.62 bits per heavy atom. The first-order chi connectivity index (χ1) is 20.0. The highest BCUT2D eigenvalue weighted by Gasteiger charge is 2.44. The van der Waals surface area contributed by atoms with Crippen molar-refractivity contribution in [2.75, 3.05) is 38.6 Å². The van der Waals surface area contributed by atoms with Gasteiger partial charge in [-0.2, -0.15) is 4.31 Å². The van der Waals surface area contributed by atoms with Gasteiger partial charge >= 0.3 is 5.97 Å². The number of aliphatic carboxylic acids is 1. The largest absolute Gasteiger partial charge is 0.491 e. The van der Waals surface area contributed by atoms with Crippen LogP contribution in [0.25, 0.3) is 10.9 Å². The molecule has 42 heavy (non-hydrogen) atoms. The van der Waals surface area contributed by atoms with Crippen LogP contribution in [0.4, 0.5) is 0 Å². The van der Waals surface area contributed by atoms with Gasteiger partial charge in [0, 0.05) is 37.3 Å². The van der Waals surface area contributed by atoms with E-state index in [0.29, 0.717) is 39.0 Å². The minimum Gasteiger partial charge on any atom is -0.491 e. The fourth-order valence-electron chi connectivity index (χ4n) is 5.36. The van der Waals surface area contributed by atoms with Crippen LogP contribution in [-0.2, 0) is 29.4 Å². The maximum Gasteiger partial charge on any atom is 0.319 e. The number of benzene rings is 2. The minimum atomic E-state index is -4.00. The zero-order chi connectivity index (χ0) is 30.0. The molecule has 2 aromatic carbocycles. The number of rotatable bonds is 11. The Bertz CT molecular complexity index is 1660. The number of para-hydroxylation sites is 1. The number of carboxylic acids is 1. The van der Waals surface area contributed by atoms with E-state index in [9.17, 15) is 26.7 Å². The van der Waals surface area contributed by atoms with Gasteiger partial charge in [0.05, 0.1) is 22.6 Å². The Balaban J connectivity index is 1.08. The quantitative estimate of drug-likeness (QED) is 0.284. The van der Waals surface area contributed by atoms with Crippen molar-refractivity contribution >= 4 is 36.7 Å². The SMILES string of the molecule is O=C(O)CS(=O)(=O)c1cccc(OCC(O)CNC2COC3(CCN(S(=O)(=O)c4cnc5ccccc5c4)CC3)C2)c1. The maximum atomic E-state index is 13.3. The molecule has 5 rings (SSSR count). The standard InChI is InChI=1S/C28H33N3O9S2/c32-22(18-39-23-5-3-6-24(13-23)41(35,36)19-27(33)34)15-29-21-14-28(40-17-21)8-10-31(11-9-28)42(37,38)25-12-20-4-1-2-7-26(20)30-16-25/h1-7,12-13,16,21-22,29,32H,8-11,14-15,17-19H2,(H,33,34). The molecular formula is C28H33N3O9S2. The van der Waals surface area contributed by atoms with Crippen molar-refractivity contribution in [3.8, 4) is 5.75 Å². The lowest BCUT2D eigenvalue weighted by molar-refractivity contribution is -0.134. The highest BCUT2D eigenvalue weighted by Crippen LogP contribution is 2.37. The van der Waals surface area contributed by atoms with Crippen LogP contribution in [0.3, 0.4) is 0 Å². The number of pyridine rings is 1. The van der Waals surface area contributed by atoms with Gasteiger partial charge in [-0.3, -0.25) is 9.78 Å². The van der Waals surface area contributed by atoms with E-state index in [1.807, 2.05) is 24.3 Å². The van der Waals surface area contributed by atoms with Crippen LogP contribution in [0, 0.1) is 0 Å². The number of ether oxygens (including phenoxy) is 2. The Hall–Kier alpha value is -3.14. The first kappa shape index (κ1) is 30.3. The van der Waals surface area contributed by atoms with Gasteiger partial charge in [0.25, 0.3) is 0 Å². The number of hydrogen-bond acceptors (Lipinski definition) is 10. The number of nitrogens with zero attached hydrogens (tertiary/aromatic N) is 2. The van der Waals surface area contributed by atoms with Crippen LogP contribution in [0.2, 0.25) is 0 Å². The van der Waals surface area contributed by atoms with Gasteiger partial charge in [-0.1, -0.05) is 24.3 Å². The van der Waals surface area contributed by atoms with Crippen molar-refractivity contribution in [3.63, 3.8) is 0 Å². The molecule has 2 unspecified atom stereocenters. The molecule has 2 aliphatic rings. The van der Waals surface area contributed by atoms with Crippen LogP contribution in [0.15, 0.2) is 70.6 Å². The topological polar surface area (TPSA) is 172 Å².